The molecule has 0 radical (unpaired) electrons. The van der Waals surface area contributed by atoms with Crippen LogP contribution in [0.3, 0.4) is 0 Å². The molecule has 0 atom stereocenters. The first kappa shape index (κ1) is 19.1. The molecule has 1 fully saturated rings. The molecule has 1 saturated carbocycles. The maximum atomic E-state index is 12.0. The zero-order chi connectivity index (χ0) is 20.4. The third-order valence-electron chi connectivity index (χ3n) is 5.89. The first-order valence-electron chi connectivity index (χ1n) is 9.96. The molecule has 5 heteroatoms. The van der Waals surface area contributed by atoms with Gasteiger partial charge in [-0.3, -0.25) is 14.3 Å². The van der Waals surface area contributed by atoms with Crippen molar-refractivity contribution in [3.63, 3.8) is 0 Å². The monoisotopic (exact) mass is 388 g/mol. The van der Waals surface area contributed by atoms with Gasteiger partial charge in [-0.2, -0.15) is 5.10 Å². The molecule has 1 N–H and O–H groups in total. The Balaban J connectivity index is 1.75. The van der Waals surface area contributed by atoms with Crippen molar-refractivity contribution < 1.29 is 9.90 Å². The number of hydrogen-bond acceptors (Lipinski definition) is 4. The van der Waals surface area contributed by atoms with Gasteiger partial charge < -0.3 is 5.11 Å². The number of aromatic nitrogens is 2. The molecule has 1 heterocycles. The van der Waals surface area contributed by atoms with Crippen molar-refractivity contribution in [2.45, 2.75) is 44.6 Å². The van der Waals surface area contributed by atoms with E-state index in [4.69, 9.17) is 0 Å². The number of carbonyl (C=O) groups excluding carboxylic acids is 1. The smallest absolute Gasteiger partial charge is 0.252 e. The topological polar surface area (TPSA) is 72.2 Å². The largest absolute Gasteiger partial charge is 0.503 e. The molecule has 0 amide bonds. The van der Waals surface area contributed by atoms with Crippen LogP contribution in [0.4, 0.5) is 0 Å². The number of rotatable bonds is 5. The number of ketones is 1. The van der Waals surface area contributed by atoms with Crippen LogP contribution < -0.4 is 5.43 Å². The normalized spacial score (nSPS) is 15.3. The van der Waals surface area contributed by atoms with E-state index in [1.54, 1.807) is 4.68 Å². The summed E-state index contributed by atoms with van der Waals surface area (Å²) in [5.74, 6) is -0.873. The van der Waals surface area contributed by atoms with Crippen LogP contribution in [0.15, 0.2) is 65.6 Å². The zero-order valence-electron chi connectivity index (χ0n) is 16.5. The molecule has 1 aliphatic carbocycles. The van der Waals surface area contributed by atoms with Gasteiger partial charge >= 0.3 is 0 Å². The predicted molar refractivity (Wildman–Crippen MR) is 112 cm³/mol. The lowest BCUT2D eigenvalue weighted by Crippen LogP contribution is -2.31. The van der Waals surface area contributed by atoms with Crippen LogP contribution in [0, 0.1) is 0 Å². The molecule has 3 aromatic rings. The summed E-state index contributed by atoms with van der Waals surface area (Å²) in [5.41, 5.74) is 2.49. The van der Waals surface area contributed by atoms with Gasteiger partial charge in [-0.15, -0.1) is 0 Å². The molecular weight excluding hydrogens is 364 g/mol. The quantitative estimate of drug-likeness (QED) is 0.660. The lowest BCUT2D eigenvalue weighted by molar-refractivity contribution is 0.100. The number of aromatic hydroxyl groups is 1. The Bertz CT molecular complexity index is 1100. The Hall–Kier alpha value is -3.21. The lowest BCUT2D eigenvalue weighted by atomic mass is 9.78. The van der Waals surface area contributed by atoms with Gasteiger partial charge in [-0.1, -0.05) is 67.4 Å². The van der Waals surface area contributed by atoms with E-state index in [1.807, 2.05) is 18.2 Å². The van der Waals surface area contributed by atoms with E-state index in [9.17, 15) is 14.7 Å². The first-order valence-corrected chi connectivity index (χ1v) is 9.96. The Morgan fingerprint density at radius 3 is 2.45 bits per heavy atom. The zero-order valence-corrected chi connectivity index (χ0v) is 16.5. The number of Topliss-reactive ketones (excluding diaryl/α,β-unsaturated/α-hetero) is 1. The van der Waals surface area contributed by atoms with Gasteiger partial charge in [0.2, 0.25) is 0 Å². The summed E-state index contributed by atoms with van der Waals surface area (Å²) >= 11 is 0. The minimum Gasteiger partial charge on any atom is -0.503 e. The summed E-state index contributed by atoms with van der Waals surface area (Å²) in [5, 5.41) is 14.3. The van der Waals surface area contributed by atoms with Crippen LogP contribution in [-0.2, 0) is 12.0 Å². The van der Waals surface area contributed by atoms with Crippen molar-refractivity contribution in [2.75, 3.05) is 0 Å². The van der Waals surface area contributed by atoms with Crippen LogP contribution in [0.1, 0.15) is 48.7 Å². The standard InChI is InChI=1S/C24H24N2O3/c1-17(27)22-23(29)21(28)15-26(25-22)16-24(12-5-6-13-24)20-11-7-10-19(14-20)18-8-3-2-4-9-18/h2-4,7-11,14-15,28H,5-6,12-13,16H2,1H3. The SMILES string of the molecule is CC(=O)c1nn(CC2(c3cccc(-c4ccccc4)c3)CCCC2)cc(O)c1=O. The third-order valence-corrected chi connectivity index (χ3v) is 5.89. The molecule has 0 aliphatic heterocycles. The maximum absolute atomic E-state index is 12.0. The minimum absolute atomic E-state index is 0.145. The lowest BCUT2D eigenvalue weighted by Gasteiger charge is -2.31. The Morgan fingerprint density at radius 1 is 1.07 bits per heavy atom. The molecule has 29 heavy (non-hydrogen) atoms. The van der Waals surface area contributed by atoms with Crippen molar-refractivity contribution in [2.24, 2.45) is 0 Å². The fourth-order valence-electron chi connectivity index (χ4n) is 4.39. The van der Waals surface area contributed by atoms with Crippen LogP contribution >= 0.6 is 0 Å². The second-order valence-corrected chi connectivity index (χ2v) is 7.88. The minimum atomic E-state index is -0.708. The fraction of sp³-hybridized carbons (Fsp3) is 0.292. The molecule has 148 valence electrons. The molecule has 0 spiro atoms. The van der Waals surface area contributed by atoms with E-state index in [0.717, 1.165) is 31.2 Å². The average Bonchev–Trinajstić information content (AvgIpc) is 3.21. The highest BCUT2D eigenvalue weighted by molar-refractivity contribution is 5.92. The second-order valence-electron chi connectivity index (χ2n) is 7.88. The van der Waals surface area contributed by atoms with Gasteiger partial charge in [-0.25, -0.2) is 0 Å². The van der Waals surface area contributed by atoms with Crippen molar-refractivity contribution in [1.82, 2.24) is 9.78 Å². The molecule has 1 aliphatic rings. The molecule has 5 nitrogen and oxygen atoms in total. The van der Waals surface area contributed by atoms with Gasteiger partial charge in [0, 0.05) is 12.3 Å². The highest BCUT2D eigenvalue weighted by atomic mass is 16.3. The van der Waals surface area contributed by atoms with Gasteiger partial charge in [-0.05, 0) is 29.5 Å². The molecule has 4 rings (SSSR count). The average molecular weight is 388 g/mol. The van der Waals surface area contributed by atoms with Crippen LogP contribution in [0.2, 0.25) is 0 Å². The summed E-state index contributed by atoms with van der Waals surface area (Å²) in [6, 6.07) is 18.8. The van der Waals surface area contributed by atoms with E-state index in [2.05, 4.69) is 41.5 Å². The molecule has 0 saturated heterocycles. The Labute approximate surface area is 169 Å². The maximum Gasteiger partial charge on any atom is 0.252 e. The molecule has 1 aromatic heterocycles. The number of benzene rings is 2. The summed E-state index contributed by atoms with van der Waals surface area (Å²) in [7, 11) is 0. The molecular formula is C24H24N2O3. The summed E-state index contributed by atoms with van der Waals surface area (Å²) in [4.78, 5) is 23.8. The van der Waals surface area contributed by atoms with Crippen molar-refractivity contribution in [3.05, 3.63) is 82.3 Å². The first-order chi connectivity index (χ1) is 14.0. The number of carbonyl (C=O) groups is 1. The van der Waals surface area contributed by atoms with Crippen molar-refractivity contribution >= 4 is 5.78 Å². The number of nitrogens with zero attached hydrogens (tertiary/aromatic N) is 2. The van der Waals surface area contributed by atoms with Gasteiger partial charge in [0.1, 0.15) is 0 Å². The van der Waals surface area contributed by atoms with Crippen LogP contribution in [0.25, 0.3) is 11.1 Å². The fourth-order valence-corrected chi connectivity index (χ4v) is 4.39. The highest BCUT2D eigenvalue weighted by Crippen LogP contribution is 2.43. The predicted octanol–water partition coefficient (Wildman–Crippen LogP) is 4.33. The van der Waals surface area contributed by atoms with Gasteiger partial charge in [0.15, 0.2) is 17.2 Å². The summed E-state index contributed by atoms with van der Waals surface area (Å²) in [6.07, 6.45) is 5.56. The van der Waals surface area contributed by atoms with E-state index in [-0.39, 0.29) is 11.1 Å². The van der Waals surface area contributed by atoms with E-state index < -0.39 is 17.0 Å². The van der Waals surface area contributed by atoms with Crippen LogP contribution in [-0.4, -0.2) is 20.7 Å². The van der Waals surface area contributed by atoms with Crippen molar-refractivity contribution in [3.8, 4) is 16.9 Å². The highest BCUT2D eigenvalue weighted by Gasteiger charge is 2.36. The van der Waals surface area contributed by atoms with Gasteiger partial charge in [0.25, 0.3) is 5.43 Å². The van der Waals surface area contributed by atoms with Crippen molar-refractivity contribution in [1.29, 1.82) is 0 Å². The number of hydrogen-bond donors (Lipinski definition) is 1. The van der Waals surface area contributed by atoms with Gasteiger partial charge in [0.05, 0.1) is 12.7 Å². The summed E-state index contributed by atoms with van der Waals surface area (Å²) in [6.45, 7) is 1.81. The van der Waals surface area contributed by atoms with E-state index in [0.29, 0.717) is 6.54 Å². The Kier molecular flexibility index (Phi) is 5.05. The molecule has 0 bridgehead atoms. The van der Waals surface area contributed by atoms with E-state index in [1.165, 1.54) is 24.2 Å². The Morgan fingerprint density at radius 2 is 1.76 bits per heavy atom. The van der Waals surface area contributed by atoms with Crippen LogP contribution in [0.5, 0.6) is 5.75 Å². The molecule has 2 aromatic carbocycles. The third kappa shape index (κ3) is 3.73. The summed E-state index contributed by atoms with van der Waals surface area (Å²) < 4.78 is 1.56. The second kappa shape index (κ2) is 7.66. The molecule has 0 unspecified atom stereocenters. The van der Waals surface area contributed by atoms with E-state index >= 15 is 0 Å².